The number of nitrogens with one attached hydrogen (secondary N) is 6. The molecule has 20 nitrogen and oxygen atoms in total. The second-order valence-corrected chi connectivity index (χ2v) is 12.7. The van der Waals surface area contributed by atoms with Crippen LogP contribution >= 0.6 is 23.2 Å². The molecule has 22 heteroatoms. The van der Waals surface area contributed by atoms with Crippen LogP contribution in [0.2, 0.25) is 5.15 Å². The molecule has 0 unspecified atom stereocenters. The van der Waals surface area contributed by atoms with Gasteiger partial charge in [0, 0.05) is 49.4 Å². The number of hydrogen-bond acceptors (Lipinski definition) is 14. The fourth-order valence-electron chi connectivity index (χ4n) is 5.44. The quantitative estimate of drug-likeness (QED) is 0.0899. The van der Waals surface area contributed by atoms with Crippen LogP contribution in [0, 0.1) is 10.8 Å². The van der Waals surface area contributed by atoms with E-state index in [4.69, 9.17) is 62.7 Å². The van der Waals surface area contributed by atoms with Crippen LogP contribution in [0.15, 0.2) is 52.5 Å². The second-order valence-electron chi connectivity index (χ2n) is 12.0. The van der Waals surface area contributed by atoms with Crippen LogP contribution in [0.25, 0.3) is 0 Å². The van der Waals surface area contributed by atoms with E-state index in [1.165, 1.54) is 0 Å². The van der Waals surface area contributed by atoms with Crippen molar-refractivity contribution in [3.05, 3.63) is 69.5 Å². The van der Waals surface area contributed by atoms with E-state index in [2.05, 4.69) is 42.8 Å². The topological polar surface area (TPSA) is 339 Å². The van der Waals surface area contributed by atoms with Crippen LogP contribution < -0.4 is 49.9 Å². The predicted octanol–water partition coefficient (Wildman–Crippen LogP) is -0.705. The van der Waals surface area contributed by atoms with Gasteiger partial charge >= 0.3 is 0 Å². The summed E-state index contributed by atoms with van der Waals surface area (Å²) in [6.45, 7) is 5.06. The molecule has 1 aromatic heterocycles. The molecule has 2 aliphatic rings. The molecule has 2 saturated heterocycles. The highest BCUT2D eigenvalue weighted by Gasteiger charge is 2.28. The zero-order valence-electron chi connectivity index (χ0n) is 28.3. The Hall–Kier alpha value is -6.15. The van der Waals surface area contributed by atoms with Crippen molar-refractivity contribution in [1.29, 1.82) is 10.8 Å². The maximum absolute atomic E-state index is 13.2. The largest absolute Gasteiger partial charge is 0.397 e. The number of aliphatic imine (C=N–C) groups is 1. The van der Waals surface area contributed by atoms with E-state index in [0.717, 1.165) is 0 Å². The van der Waals surface area contributed by atoms with E-state index in [9.17, 15) is 19.2 Å². The Balaban J connectivity index is 1.20. The van der Waals surface area contributed by atoms with Gasteiger partial charge in [-0.3, -0.25) is 40.6 Å². The summed E-state index contributed by atoms with van der Waals surface area (Å²) in [7, 11) is 0. The number of halogens is 2. The molecule has 1 aromatic carbocycles. The highest BCUT2D eigenvalue weighted by atomic mass is 35.5. The summed E-state index contributed by atoms with van der Waals surface area (Å²) < 4.78 is 0. The highest BCUT2D eigenvalue weighted by Crippen LogP contribution is 2.19. The number of nitrogen functional groups attached to an aromatic ring is 2. The summed E-state index contributed by atoms with van der Waals surface area (Å²) >= 11 is 11.6. The summed E-state index contributed by atoms with van der Waals surface area (Å²) in [5.41, 5.74) is 27.6. The molecular weight excluding hydrogens is 731 g/mol. The Bertz CT molecular complexity index is 1860. The SMILES string of the molecule is C=C(N)/C(=N\C(Cl)=C(N)N)C(=O)NC(=N)NC1CCN(C(=O)c2ccc(C(=O)N3CCC(NC(=N)NC(=O)c4nc(Cl)c(N)nc4N)CC3)cc2)CC1. The van der Waals surface area contributed by atoms with E-state index in [0.29, 0.717) is 63.0 Å². The number of piperidine rings is 2. The van der Waals surface area contributed by atoms with Crippen LogP contribution in [0.3, 0.4) is 0 Å². The lowest BCUT2D eigenvalue weighted by Gasteiger charge is -2.33. The molecule has 0 spiro atoms. The molecule has 0 radical (unpaired) electrons. The number of likely N-dealkylation sites (tertiary alicyclic amines) is 2. The number of carbonyl (C=O) groups is 4. The Kier molecular flexibility index (Phi) is 13.0. The van der Waals surface area contributed by atoms with Crippen molar-refractivity contribution in [2.24, 2.45) is 22.2 Å². The van der Waals surface area contributed by atoms with Crippen molar-refractivity contribution in [2.75, 3.05) is 37.6 Å². The fourth-order valence-corrected chi connectivity index (χ4v) is 5.65. The number of aromatic nitrogens is 2. The summed E-state index contributed by atoms with van der Waals surface area (Å²) in [5.74, 6) is -3.25. The molecule has 2 aliphatic heterocycles. The predicted molar refractivity (Wildman–Crippen MR) is 200 cm³/mol. The molecule has 16 N–H and O–H groups in total. The number of benzene rings is 1. The molecule has 0 saturated carbocycles. The minimum atomic E-state index is -0.838. The van der Waals surface area contributed by atoms with Gasteiger partial charge in [-0.05, 0) is 49.9 Å². The monoisotopic (exact) mass is 770 g/mol. The Morgan fingerprint density at radius 1 is 0.792 bits per heavy atom. The van der Waals surface area contributed by atoms with E-state index < -0.39 is 11.8 Å². The average Bonchev–Trinajstić information content (AvgIpc) is 3.11. The zero-order chi connectivity index (χ0) is 39.0. The van der Waals surface area contributed by atoms with Crippen molar-refractivity contribution in [3.63, 3.8) is 0 Å². The first-order valence-electron chi connectivity index (χ1n) is 16.1. The van der Waals surface area contributed by atoms with Crippen molar-refractivity contribution in [1.82, 2.24) is 41.0 Å². The normalized spacial score (nSPS) is 15.2. The first kappa shape index (κ1) is 39.6. The van der Waals surface area contributed by atoms with Crippen LogP contribution in [0.1, 0.15) is 56.9 Å². The standard InChI is InChI=1S/C31H40Cl2N16O4/c1-14(34)19(43-21(32)23(35)36)26(50)46-30(39)41-17-6-10-48(11-7-17)28(52)15-2-4-16(5-3-15)29(53)49-12-8-18(9-13-49)42-31(40)47-27(51)20-24(37)45-25(38)22(33)44-20/h2-5,17-18H,1,6-13,34-36H2,(H4,37,38,45)(H3,39,41,46,50)(H3,40,42,47,51)/b43-19+. The molecule has 0 bridgehead atoms. The number of rotatable bonds is 8. The van der Waals surface area contributed by atoms with Gasteiger partial charge in [0.2, 0.25) is 0 Å². The summed E-state index contributed by atoms with van der Waals surface area (Å²) in [4.78, 5) is 66.2. The number of guanidine groups is 2. The van der Waals surface area contributed by atoms with Gasteiger partial charge in [-0.2, -0.15) is 0 Å². The number of amides is 4. The molecule has 4 amide bonds. The van der Waals surface area contributed by atoms with Crippen molar-refractivity contribution in [3.8, 4) is 0 Å². The molecule has 53 heavy (non-hydrogen) atoms. The number of nitrogens with two attached hydrogens (primary N) is 5. The number of anilines is 2. The minimum absolute atomic E-state index is 0.119. The maximum atomic E-state index is 13.2. The van der Waals surface area contributed by atoms with Crippen LogP contribution in [0.4, 0.5) is 11.6 Å². The molecule has 4 rings (SSSR count). The van der Waals surface area contributed by atoms with Gasteiger partial charge in [0.25, 0.3) is 23.6 Å². The third-order valence-electron chi connectivity index (χ3n) is 8.20. The summed E-state index contributed by atoms with van der Waals surface area (Å²) in [6, 6.07) is 6.05. The van der Waals surface area contributed by atoms with Crippen LogP contribution in [-0.2, 0) is 4.79 Å². The third-order valence-corrected chi connectivity index (χ3v) is 8.79. The van der Waals surface area contributed by atoms with Gasteiger partial charge < -0.3 is 49.1 Å². The van der Waals surface area contributed by atoms with Gasteiger partial charge in [-0.25, -0.2) is 15.0 Å². The number of nitrogens with zero attached hydrogens (tertiary/aromatic N) is 5. The lowest BCUT2D eigenvalue weighted by atomic mass is 10.0. The molecule has 2 fully saturated rings. The van der Waals surface area contributed by atoms with Crippen LogP contribution in [0.5, 0.6) is 0 Å². The Labute approximate surface area is 313 Å². The Morgan fingerprint density at radius 2 is 1.25 bits per heavy atom. The lowest BCUT2D eigenvalue weighted by Crippen LogP contribution is -2.51. The number of hydrogen-bond donors (Lipinski definition) is 11. The van der Waals surface area contributed by atoms with Gasteiger partial charge in [0.05, 0.1) is 5.70 Å². The Morgan fingerprint density at radius 3 is 1.68 bits per heavy atom. The van der Waals surface area contributed by atoms with Gasteiger partial charge in [-0.1, -0.05) is 29.8 Å². The van der Waals surface area contributed by atoms with E-state index >= 15 is 0 Å². The van der Waals surface area contributed by atoms with Crippen LogP contribution in [-0.4, -0.2) is 99.3 Å². The van der Waals surface area contributed by atoms with E-state index in [-0.39, 0.29) is 80.7 Å². The van der Waals surface area contributed by atoms with Crippen molar-refractivity contribution >= 4 is 76.1 Å². The molecule has 3 heterocycles. The molecular formula is C31H40Cl2N16O4. The summed E-state index contributed by atoms with van der Waals surface area (Å²) in [6.07, 6.45) is 2.03. The smallest absolute Gasteiger partial charge is 0.280 e. The second kappa shape index (κ2) is 17.4. The first-order chi connectivity index (χ1) is 25.0. The fraction of sp³-hybridized carbons (Fsp3) is 0.323. The van der Waals surface area contributed by atoms with Gasteiger partial charge in [-0.15, -0.1) is 0 Å². The third kappa shape index (κ3) is 10.5. The molecule has 282 valence electrons. The van der Waals surface area contributed by atoms with E-state index in [1.54, 1.807) is 34.1 Å². The van der Waals surface area contributed by atoms with E-state index in [1.807, 2.05) is 0 Å². The van der Waals surface area contributed by atoms with Crippen molar-refractivity contribution < 1.29 is 19.2 Å². The minimum Gasteiger partial charge on any atom is -0.397 e. The molecule has 0 atom stereocenters. The van der Waals surface area contributed by atoms with Gasteiger partial charge in [0.1, 0.15) is 5.82 Å². The lowest BCUT2D eigenvalue weighted by molar-refractivity contribution is -0.113. The average molecular weight is 772 g/mol. The molecule has 2 aromatic rings. The highest BCUT2D eigenvalue weighted by molar-refractivity contribution is 6.48. The van der Waals surface area contributed by atoms with Crippen molar-refractivity contribution in [2.45, 2.75) is 37.8 Å². The molecule has 0 aliphatic carbocycles. The summed E-state index contributed by atoms with van der Waals surface area (Å²) in [5, 5.41) is 26.2. The number of carbonyl (C=O) groups excluding carboxylic acids is 4. The zero-order valence-corrected chi connectivity index (χ0v) is 29.9. The van der Waals surface area contributed by atoms with Gasteiger partial charge in [0.15, 0.2) is 45.3 Å². The maximum Gasteiger partial charge on any atom is 0.280 e. The first-order valence-corrected chi connectivity index (χ1v) is 16.8.